The van der Waals surface area contributed by atoms with E-state index < -0.39 is 18.0 Å². The Morgan fingerprint density at radius 3 is 2.69 bits per heavy atom. The minimum absolute atomic E-state index is 0.0812. The van der Waals surface area contributed by atoms with Crippen LogP contribution in [0.15, 0.2) is 23.4 Å². The Labute approximate surface area is 155 Å². The van der Waals surface area contributed by atoms with E-state index in [2.05, 4.69) is 5.32 Å². The number of thioether (sulfide) groups is 1. The van der Waals surface area contributed by atoms with Gasteiger partial charge < -0.3 is 14.8 Å². The predicted octanol–water partition coefficient (Wildman–Crippen LogP) is 0.733. The second-order valence-corrected chi connectivity index (χ2v) is 6.87. The SMILES string of the molecule is CC/C=C/CC(=O)N[C@@H]1C(=O)N2C(C(=O)OC)=C(COC(C)=O)CS[C@H]12. The first-order chi connectivity index (χ1) is 12.4. The smallest absolute Gasteiger partial charge is 0.354 e. The number of nitrogens with zero attached hydrogens (tertiary/aromatic N) is 1. The van der Waals surface area contributed by atoms with Crippen LogP contribution >= 0.6 is 11.8 Å². The van der Waals surface area contributed by atoms with Gasteiger partial charge >= 0.3 is 11.9 Å². The molecule has 0 aromatic carbocycles. The average molecular weight is 382 g/mol. The Kier molecular flexibility index (Phi) is 6.84. The van der Waals surface area contributed by atoms with E-state index in [4.69, 9.17) is 9.47 Å². The standard InChI is InChI=1S/C17H22N2O6S/c1-4-5-6-7-12(21)18-13-15(22)19-14(17(23)24-3)11(8-25-10(2)20)9-26-16(13)19/h5-6,13,16H,4,7-9H2,1-3H3,(H,18,21)/b6-5+/t13-,16-/m1/s1. The third kappa shape index (κ3) is 4.27. The van der Waals surface area contributed by atoms with Crippen LogP contribution in [0.25, 0.3) is 0 Å². The molecular weight excluding hydrogens is 360 g/mol. The van der Waals surface area contributed by atoms with Crippen LogP contribution in [0.4, 0.5) is 0 Å². The molecule has 1 fully saturated rings. The summed E-state index contributed by atoms with van der Waals surface area (Å²) >= 11 is 1.40. The highest BCUT2D eigenvalue weighted by atomic mass is 32.2. The van der Waals surface area contributed by atoms with Crippen molar-refractivity contribution in [2.75, 3.05) is 19.5 Å². The van der Waals surface area contributed by atoms with Gasteiger partial charge in [0.25, 0.3) is 5.91 Å². The molecule has 0 bridgehead atoms. The molecule has 0 aliphatic carbocycles. The van der Waals surface area contributed by atoms with Gasteiger partial charge in [0.15, 0.2) is 0 Å². The second kappa shape index (κ2) is 8.88. The summed E-state index contributed by atoms with van der Waals surface area (Å²) in [5.41, 5.74) is 0.608. The second-order valence-electron chi connectivity index (χ2n) is 5.76. The van der Waals surface area contributed by atoms with Crippen LogP contribution < -0.4 is 5.32 Å². The number of carbonyl (C=O) groups excluding carboxylic acids is 4. The molecule has 1 N–H and O–H groups in total. The molecule has 26 heavy (non-hydrogen) atoms. The summed E-state index contributed by atoms with van der Waals surface area (Å²) in [6.45, 7) is 3.15. The van der Waals surface area contributed by atoms with Crippen LogP contribution in [0.5, 0.6) is 0 Å². The fourth-order valence-corrected chi connectivity index (χ4v) is 3.98. The van der Waals surface area contributed by atoms with Gasteiger partial charge in [-0.05, 0) is 6.42 Å². The molecule has 2 atom stereocenters. The minimum Gasteiger partial charge on any atom is -0.464 e. The molecule has 142 valence electrons. The van der Waals surface area contributed by atoms with Gasteiger partial charge in [-0.3, -0.25) is 19.3 Å². The molecule has 2 rings (SSSR count). The molecule has 0 radical (unpaired) electrons. The molecular formula is C17H22N2O6S. The Balaban J connectivity index is 2.12. The average Bonchev–Trinajstić information content (AvgIpc) is 2.62. The summed E-state index contributed by atoms with van der Waals surface area (Å²) in [7, 11) is 1.22. The van der Waals surface area contributed by atoms with Crippen molar-refractivity contribution < 1.29 is 28.7 Å². The van der Waals surface area contributed by atoms with Crippen molar-refractivity contribution >= 4 is 35.5 Å². The van der Waals surface area contributed by atoms with E-state index in [0.29, 0.717) is 11.3 Å². The van der Waals surface area contributed by atoms with E-state index in [0.717, 1.165) is 6.42 Å². The van der Waals surface area contributed by atoms with Gasteiger partial charge in [-0.1, -0.05) is 19.1 Å². The Hall–Kier alpha value is -2.29. The van der Waals surface area contributed by atoms with Crippen molar-refractivity contribution in [3.8, 4) is 0 Å². The number of carbonyl (C=O) groups is 4. The highest BCUT2D eigenvalue weighted by Gasteiger charge is 2.54. The molecule has 9 heteroatoms. The molecule has 0 spiro atoms. The van der Waals surface area contributed by atoms with Gasteiger partial charge in [-0.25, -0.2) is 4.79 Å². The van der Waals surface area contributed by atoms with Crippen LogP contribution in [-0.4, -0.2) is 59.5 Å². The monoisotopic (exact) mass is 382 g/mol. The first kappa shape index (κ1) is 20.0. The fraction of sp³-hybridized carbons (Fsp3) is 0.529. The van der Waals surface area contributed by atoms with Crippen molar-refractivity contribution in [3.05, 3.63) is 23.4 Å². The highest BCUT2D eigenvalue weighted by molar-refractivity contribution is 8.00. The third-order valence-electron chi connectivity index (χ3n) is 3.90. The van der Waals surface area contributed by atoms with Crippen LogP contribution in [0, 0.1) is 0 Å². The number of esters is 2. The Bertz CT molecular complexity index is 672. The summed E-state index contributed by atoms with van der Waals surface area (Å²) in [6.07, 6.45) is 4.66. The lowest BCUT2D eigenvalue weighted by Gasteiger charge is -2.49. The predicted molar refractivity (Wildman–Crippen MR) is 94.7 cm³/mol. The number of β-lactam (4-membered cyclic amide) rings is 1. The van der Waals surface area contributed by atoms with Gasteiger partial charge in [0.1, 0.15) is 23.7 Å². The zero-order valence-corrected chi connectivity index (χ0v) is 15.8. The number of fused-ring (bicyclic) bond motifs is 1. The zero-order valence-electron chi connectivity index (χ0n) is 14.9. The Morgan fingerprint density at radius 1 is 1.35 bits per heavy atom. The topological polar surface area (TPSA) is 102 Å². The van der Waals surface area contributed by atoms with E-state index >= 15 is 0 Å². The number of hydrogen-bond donors (Lipinski definition) is 1. The number of nitrogens with one attached hydrogen (secondary N) is 1. The first-order valence-corrected chi connectivity index (χ1v) is 9.28. The lowest BCUT2D eigenvalue weighted by atomic mass is 10.0. The molecule has 2 aliphatic rings. The fourth-order valence-electron chi connectivity index (χ4n) is 2.66. The van der Waals surface area contributed by atoms with E-state index in [1.54, 1.807) is 6.08 Å². The summed E-state index contributed by atoms with van der Waals surface area (Å²) in [4.78, 5) is 48.9. The van der Waals surface area contributed by atoms with Gasteiger partial charge in [0.05, 0.1) is 7.11 Å². The number of amides is 2. The largest absolute Gasteiger partial charge is 0.464 e. The van der Waals surface area contributed by atoms with Gasteiger partial charge in [0.2, 0.25) is 5.91 Å². The van der Waals surface area contributed by atoms with E-state index in [1.165, 1.54) is 30.7 Å². The quantitative estimate of drug-likeness (QED) is 0.393. The maximum Gasteiger partial charge on any atom is 0.354 e. The summed E-state index contributed by atoms with van der Waals surface area (Å²) < 4.78 is 9.73. The summed E-state index contributed by atoms with van der Waals surface area (Å²) in [5, 5.41) is 2.33. The molecule has 0 aromatic rings. The van der Waals surface area contributed by atoms with Gasteiger partial charge in [-0.2, -0.15) is 0 Å². The van der Waals surface area contributed by atoms with Crippen molar-refractivity contribution in [1.82, 2.24) is 10.2 Å². The van der Waals surface area contributed by atoms with E-state index in [1.807, 2.05) is 13.0 Å². The van der Waals surface area contributed by atoms with Gasteiger partial charge in [0, 0.05) is 24.7 Å². The number of ether oxygens (including phenoxy) is 2. The molecule has 2 amide bonds. The third-order valence-corrected chi connectivity index (χ3v) is 5.24. The zero-order chi connectivity index (χ0) is 19.3. The molecule has 2 heterocycles. The maximum absolute atomic E-state index is 12.5. The Morgan fingerprint density at radius 2 is 2.08 bits per heavy atom. The number of hydrogen-bond acceptors (Lipinski definition) is 7. The maximum atomic E-state index is 12.5. The van der Waals surface area contributed by atoms with Crippen LogP contribution in [0.3, 0.4) is 0 Å². The van der Waals surface area contributed by atoms with Crippen LogP contribution in [0.1, 0.15) is 26.7 Å². The molecule has 1 saturated heterocycles. The first-order valence-electron chi connectivity index (χ1n) is 8.23. The molecule has 8 nitrogen and oxygen atoms in total. The molecule has 0 unspecified atom stereocenters. The van der Waals surface area contributed by atoms with Crippen LogP contribution in [0.2, 0.25) is 0 Å². The molecule has 0 aromatic heterocycles. The van der Waals surface area contributed by atoms with Crippen molar-refractivity contribution in [1.29, 1.82) is 0 Å². The molecule has 0 saturated carbocycles. The molecule has 2 aliphatic heterocycles. The summed E-state index contributed by atoms with van der Waals surface area (Å²) in [5.74, 6) is -1.37. The lowest BCUT2D eigenvalue weighted by molar-refractivity contribution is -0.152. The number of methoxy groups -OCH3 is 1. The van der Waals surface area contributed by atoms with Gasteiger partial charge in [-0.15, -0.1) is 11.8 Å². The number of rotatable bonds is 7. The van der Waals surface area contributed by atoms with E-state index in [-0.39, 0.29) is 35.9 Å². The normalized spacial score (nSPS) is 22.0. The van der Waals surface area contributed by atoms with Crippen molar-refractivity contribution in [3.63, 3.8) is 0 Å². The summed E-state index contributed by atoms with van der Waals surface area (Å²) in [6, 6.07) is -0.683. The number of allylic oxidation sites excluding steroid dienone is 1. The van der Waals surface area contributed by atoms with Crippen molar-refractivity contribution in [2.45, 2.75) is 38.1 Å². The van der Waals surface area contributed by atoms with E-state index in [9.17, 15) is 19.2 Å². The highest BCUT2D eigenvalue weighted by Crippen LogP contribution is 2.40. The minimum atomic E-state index is -0.683. The van der Waals surface area contributed by atoms with Crippen molar-refractivity contribution in [2.24, 2.45) is 0 Å². The lowest BCUT2D eigenvalue weighted by Crippen LogP contribution is -2.70. The van der Waals surface area contributed by atoms with Crippen LogP contribution in [-0.2, 0) is 28.7 Å².